The van der Waals surface area contributed by atoms with Gasteiger partial charge in [-0.3, -0.25) is 9.79 Å². The summed E-state index contributed by atoms with van der Waals surface area (Å²) in [6.45, 7) is 1.74. The van der Waals surface area contributed by atoms with Crippen molar-refractivity contribution in [1.29, 1.82) is 0 Å². The number of carbonyl (C=O) groups excluding carboxylic acids is 1. The topological polar surface area (TPSA) is 94.5 Å². The molecule has 3 rings (SSSR count). The number of aliphatic imine (C=N–C) groups is 1. The van der Waals surface area contributed by atoms with Gasteiger partial charge in [0.15, 0.2) is 5.96 Å². The molecule has 2 aromatic rings. The number of rotatable bonds is 7. The number of hydrazone groups is 1. The van der Waals surface area contributed by atoms with Crippen LogP contribution in [0, 0.1) is 11.6 Å². The molecule has 0 aliphatic carbocycles. The van der Waals surface area contributed by atoms with Crippen LogP contribution >= 0.6 is 11.8 Å². The minimum Gasteiger partial charge on any atom is -0.383 e. The number of benzene rings is 2. The van der Waals surface area contributed by atoms with Crippen molar-refractivity contribution in [2.45, 2.75) is 30.7 Å². The standard InChI is InChI=1S/C23H27F2N5O2S/c1-15(31)21(32)30-23(16-8-5-4-6-9-16,12-7-13-27-22(26)29(2)3)33-20(28-30)18-14-17(24)10-11-19(18)25/h4-6,8-11,14-15,31H,7,12-13H2,1-3H3,(H2,26,27). The van der Waals surface area contributed by atoms with Gasteiger partial charge in [0.05, 0.1) is 0 Å². The number of amides is 1. The average Bonchev–Trinajstić information content (AvgIpc) is 3.18. The van der Waals surface area contributed by atoms with Gasteiger partial charge in [0.2, 0.25) is 0 Å². The summed E-state index contributed by atoms with van der Waals surface area (Å²) < 4.78 is 28.5. The van der Waals surface area contributed by atoms with E-state index in [1.165, 1.54) is 11.9 Å². The van der Waals surface area contributed by atoms with E-state index in [-0.39, 0.29) is 10.6 Å². The van der Waals surface area contributed by atoms with Gasteiger partial charge in [0.1, 0.15) is 27.7 Å². The number of hydrogen-bond donors (Lipinski definition) is 2. The first-order chi connectivity index (χ1) is 15.7. The van der Waals surface area contributed by atoms with E-state index in [4.69, 9.17) is 5.73 Å². The fraction of sp³-hybridized carbons (Fsp3) is 0.348. The molecule has 2 aromatic carbocycles. The minimum atomic E-state index is -1.34. The van der Waals surface area contributed by atoms with E-state index >= 15 is 0 Å². The predicted octanol–water partition coefficient (Wildman–Crippen LogP) is 3.09. The highest BCUT2D eigenvalue weighted by atomic mass is 32.2. The zero-order valence-electron chi connectivity index (χ0n) is 18.7. The van der Waals surface area contributed by atoms with E-state index in [1.54, 1.807) is 19.0 Å². The largest absolute Gasteiger partial charge is 0.383 e. The number of nitrogens with zero attached hydrogens (tertiary/aromatic N) is 4. The van der Waals surface area contributed by atoms with Crippen LogP contribution in [-0.2, 0) is 9.67 Å². The maximum Gasteiger partial charge on any atom is 0.272 e. The quantitative estimate of drug-likeness (QED) is 0.365. The Kier molecular flexibility index (Phi) is 7.70. The third-order valence-corrected chi connectivity index (χ3v) is 6.60. The van der Waals surface area contributed by atoms with E-state index in [0.717, 1.165) is 35.5 Å². The Labute approximate surface area is 196 Å². The van der Waals surface area contributed by atoms with Crippen molar-refractivity contribution in [2.24, 2.45) is 15.8 Å². The van der Waals surface area contributed by atoms with Gasteiger partial charge in [0.25, 0.3) is 5.91 Å². The van der Waals surface area contributed by atoms with E-state index in [0.29, 0.717) is 25.3 Å². The van der Waals surface area contributed by atoms with Crippen LogP contribution in [0.3, 0.4) is 0 Å². The lowest BCUT2D eigenvalue weighted by Crippen LogP contribution is -2.45. The lowest BCUT2D eigenvalue weighted by atomic mass is 10.00. The minimum absolute atomic E-state index is 0.0453. The molecule has 1 aliphatic rings. The first-order valence-corrected chi connectivity index (χ1v) is 11.3. The van der Waals surface area contributed by atoms with Crippen LogP contribution in [-0.4, -0.2) is 58.7 Å². The highest BCUT2D eigenvalue weighted by molar-refractivity contribution is 8.15. The van der Waals surface area contributed by atoms with Crippen LogP contribution in [0.5, 0.6) is 0 Å². The highest BCUT2D eigenvalue weighted by Gasteiger charge is 2.49. The van der Waals surface area contributed by atoms with E-state index in [1.807, 2.05) is 30.3 Å². The maximum atomic E-state index is 14.6. The van der Waals surface area contributed by atoms with Crippen LogP contribution in [0.1, 0.15) is 30.9 Å². The average molecular weight is 476 g/mol. The Bertz CT molecular complexity index is 1060. The molecule has 0 saturated carbocycles. The number of nitrogens with two attached hydrogens (primary N) is 1. The Morgan fingerprint density at radius 3 is 2.61 bits per heavy atom. The van der Waals surface area contributed by atoms with Crippen LogP contribution in [0.4, 0.5) is 8.78 Å². The zero-order chi connectivity index (χ0) is 24.2. The molecule has 1 heterocycles. The Morgan fingerprint density at radius 1 is 1.27 bits per heavy atom. The molecule has 0 saturated heterocycles. The van der Waals surface area contributed by atoms with Crippen LogP contribution in [0.2, 0.25) is 0 Å². The normalized spacial score (nSPS) is 19.4. The van der Waals surface area contributed by atoms with Crippen LogP contribution in [0.25, 0.3) is 0 Å². The van der Waals surface area contributed by atoms with E-state index in [9.17, 15) is 18.7 Å². The molecular weight excluding hydrogens is 448 g/mol. The molecule has 0 bridgehead atoms. The Balaban J connectivity index is 2.05. The van der Waals surface area contributed by atoms with Crippen molar-refractivity contribution in [1.82, 2.24) is 9.91 Å². The number of carbonyl (C=O) groups is 1. The maximum absolute atomic E-state index is 14.6. The summed E-state index contributed by atoms with van der Waals surface area (Å²) in [5.41, 5.74) is 6.57. The van der Waals surface area contributed by atoms with Crippen LogP contribution in [0.15, 0.2) is 58.6 Å². The number of thioether (sulfide) groups is 1. The van der Waals surface area contributed by atoms with Gasteiger partial charge in [0, 0.05) is 26.2 Å². The molecule has 0 spiro atoms. The summed E-state index contributed by atoms with van der Waals surface area (Å²) in [5, 5.41) is 15.8. The van der Waals surface area contributed by atoms with E-state index in [2.05, 4.69) is 10.1 Å². The third kappa shape index (κ3) is 5.33. The molecule has 2 unspecified atom stereocenters. The van der Waals surface area contributed by atoms with Gasteiger partial charge in [-0.05, 0) is 43.5 Å². The van der Waals surface area contributed by atoms with Crippen molar-refractivity contribution < 1.29 is 18.7 Å². The van der Waals surface area contributed by atoms with Crippen molar-refractivity contribution >= 4 is 28.7 Å². The number of aliphatic hydroxyl groups excluding tert-OH is 1. The Morgan fingerprint density at radius 2 is 1.97 bits per heavy atom. The number of hydrogen-bond acceptors (Lipinski definition) is 5. The van der Waals surface area contributed by atoms with E-state index < -0.39 is 28.5 Å². The smallest absolute Gasteiger partial charge is 0.272 e. The monoisotopic (exact) mass is 475 g/mol. The van der Waals surface area contributed by atoms with Crippen molar-refractivity contribution in [3.8, 4) is 0 Å². The van der Waals surface area contributed by atoms with Gasteiger partial charge < -0.3 is 15.7 Å². The number of guanidine groups is 1. The summed E-state index contributed by atoms with van der Waals surface area (Å²) in [7, 11) is 3.57. The molecule has 0 radical (unpaired) electrons. The summed E-state index contributed by atoms with van der Waals surface area (Å²) in [6.07, 6.45) is -0.431. The molecule has 176 valence electrons. The highest BCUT2D eigenvalue weighted by Crippen LogP contribution is 2.50. The summed E-state index contributed by atoms with van der Waals surface area (Å²) in [6, 6.07) is 12.3. The van der Waals surface area contributed by atoms with Gasteiger partial charge in [-0.2, -0.15) is 5.10 Å². The fourth-order valence-corrected chi connectivity index (χ4v) is 4.83. The lowest BCUT2D eigenvalue weighted by molar-refractivity contribution is -0.143. The van der Waals surface area contributed by atoms with Crippen molar-refractivity contribution in [3.63, 3.8) is 0 Å². The van der Waals surface area contributed by atoms with Crippen molar-refractivity contribution in [2.75, 3.05) is 20.6 Å². The van der Waals surface area contributed by atoms with Gasteiger partial charge in [-0.25, -0.2) is 13.8 Å². The molecule has 7 nitrogen and oxygen atoms in total. The molecule has 1 amide bonds. The molecule has 0 aromatic heterocycles. The first-order valence-electron chi connectivity index (χ1n) is 10.4. The molecule has 2 atom stereocenters. The second-order valence-electron chi connectivity index (χ2n) is 7.85. The third-order valence-electron chi connectivity index (χ3n) is 5.15. The molecule has 3 N–H and O–H groups in total. The molecule has 10 heteroatoms. The van der Waals surface area contributed by atoms with Crippen molar-refractivity contribution in [3.05, 3.63) is 71.3 Å². The molecule has 33 heavy (non-hydrogen) atoms. The predicted molar refractivity (Wildman–Crippen MR) is 127 cm³/mol. The molecular formula is C23H27F2N5O2S. The second-order valence-corrected chi connectivity index (χ2v) is 9.11. The molecule has 0 fully saturated rings. The lowest BCUT2D eigenvalue weighted by Gasteiger charge is -2.36. The number of halogens is 2. The number of aliphatic hydroxyl groups is 1. The molecule has 1 aliphatic heterocycles. The van der Waals surface area contributed by atoms with Crippen LogP contribution < -0.4 is 5.73 Å². The van der Waals surface area contributed by atoms with Gasteiger partial charge in [-0.1, -0.05) is 42.1 Å². The summed E-state index contributed by atoms with van der Waals surface area (Å²) in [4.78, 5) is 18.0. The van der Waals surface area contributed by atoms with Gasteiger partial charge in [-0.15, -0.1) is 0 Å². The SMILES string of the molecule is CC(O)C(=O)N1N=C(c2cc(F)ccc2F)SC1(CCCN=C(N)N(C)C)c1ccccc1. The zero-order valence-corrected chi connectivity index (χ0v) is 19.5. The summed E-state index contributed by atoms with van der Waals surface area (Å²) in [5.74, 6) is -1.54. The second kappa shape index (κ2) is 10.3. The van der Waals surface area contributed by atoms with Gasteiger partial charge >= 0.3 is 0 Å². The fourth-order valence-electron chi connectivity index (χ4n) is 3.40. The Hall–Kier alpha value is -2.98. The summed E-state index contributed by atoms with van der Waals surface area (Å²) >= 11 is 1.15. The first kappa shape index (κ1) is 24.7.